The van der Waals surface area contributed by atoms with E-state index in [0.29, 0.717) is 0 Å². The maximum Gasteiger partial charge on any atom is 0.0823 e. The number of hydrogen-bond donors (Lipinski definition) is 0. The molecule has 0 spiro atoms. The van der Waals surface area contributed by atoms with Crippen molar-refractivity contribution in [3.05, 3.63) is 181 Å². The summed E-state index contributed by atoms with van der Waals surface area (Å²) in [6.07, 6.45) is 18.7. The van der Waals surface area contributed by atoms with E-state index < -0.39 is 0 Å². The van der Waals surface area contributed by atoms with E-state index in [4.69, 9.17) is 20.0 Å². The van der Waals surface area contributed by atoms with E-state index in [9.17, 15) is 0 Å². The van der Waals surface area contributed by atoms with Gasteiger partial charge >= 0.3 is 0 Å². The number of benzene rings is 3. The van der Waals surface area contributed by atoms with E-state index in [1.165, 1.54) is 66.8 Å². The van der Waals surface area contributed by atoms with Gasteiger partial charge in [0.2, 0.25) is 0 Å². The molecule has 0 aliphatic carbocycles. The molecule has 250 valence electrons. The monoisotopic (exact) mass is 662 g/mol. The third-order valence-electron chi connectivity index (χ3n) is 10.2. The number of nitrogens with zero attached hydrogens (tertiary/aromatic N) is 4. The molecule has 0 fully saturated rings. The summed E-state index contributed by atoms with van der Waals surface area (Å²) in [4.78, 5) is 21.0. The summed E-state index contributed by atoms with van der Waals surface area (Å²) in [5, 5.41) is 0. The second-order valence-corrected chi connectivity index (χ2v) is 14.6. The Hall–Kier alpha value is -5.74. The number of allylic oxidation sites excluding steroid dienone is 12. The Morgan fingerprint density at radius 1 is 0.333 bits per heavy atom. The Bertz CT molecular complexity index is 2450. The van der Waals surface area contributed by atoms with Gasteiger partial charge < -0.3 is 0 Å². The minimum atomic E-state index is 0.862. The highest BCUT2D eigenvalue weighted by Crippen LogP contribution is 2.48. The smallest absolute Gasteiger partial charge is 0.0823 e. The third-order valence-corrected chi connectivity index (χ3v) is 10.2. The van der Waals surface area contributed by atoms with Crippen LogP contribution in [0.2, 0.25) is 0 Å². The minimum absolute atomic E-state index is 0.862. The highest BCUT2D eigenvalue weighted by molar-refractivity contribution is 6.44. The van der Waals surface area contributed by atoms with Crippen LogP contribution in [0.3, 0.4) is 0 Å². The molecule has 5 aliphatic heterocycles. The van der Waals surface area contributed by atoms with Crippen molar-refractivity contribution >= 4 is 39.6 Å². The Morgan fingerprint density at radius 2 is 0.725 bits per heavy atom. The topological polar surface area (TPSA) is 49.4 Å². The molecule has 0 atom stereocenters. The lowest BCUT2D eigenvalue weighted by molar-refractivity contribution is 1.27. The van der Waals surface area contributed by atoms with Crippen molar-refractivity contribution < 1.29 is 0 Å². The number of rotatable bonds is 3. The zero-order valence-electron chi connectivity index (χ0n) is 30.9. The zero-order chi connectivity index (χ0) is 35.7. The van der Waals surface area contributed by atoms with Crippen LogP contribution in [0.25, 0.3) is 16.7 Å². The molecule has 4 heteroatoms. The van der Waals surface area contributed by atoms with Crippen LogP contribution in [0.4, 0.5) is 0 Å². The summed E-state index contributed by atoms with van der Waals surface area (Å²) >= 11 is 0. The molecule has 8 rings (SSSR count). The molecule has 51 heavy (non-hydrogen) atoms. The summed E-state index contributed by atoms with van der Waals surface area (Å²) in [6.45, 7) is 19.9. The van der Waals surface area contributed by atoms with Crippen LogP contribution in [-0.4, -0.2) is 22.8 Å². The fraction of sp³-hybridized carbons (Fsp3) is 0.191. The van der Waals surface area contributed by atoms with Crippen molar-refractivity contribution in [2.75, 3.05) is 0 Å². The number of aliphatic imine (C=N–C) groups is 4. The van der Waals surface area contributed by atoms with Crippen LogP contribution < -0.4 is 0 Å². The van der Waals surface area contributed by atoms with Gasteiger partial charge in [0.25, 0.3) is 0 Å². The molecule has 8 bridgehead atoms. The van der Waals surface area contributed by atoms with Crippen LogP contribution in [0, 0.1) is 62.3 Å². The zero-order valence-corrected chi connectivity index (χ0v) is 30.9. The van der Waals surface area contributed by atoms with Gasteiger partial charge in [-0.2, -0.15) is 0 Å². The van der Waals surface area contributed by atoms with E-state index in [2.05, 4.69) is 135 Å². The van der Waals surface area contributed by atoms with Gasteiger partial charge in [0.05, 0.1) is 45.6 Å². The van der Waals surface area contributed by atoms with Crippen molar-refractivity contribution in [2.24, 2.45) is 20.0 Å². The molecule has 3 aromatic rings. The van der Waals surface area contributed by atoms with Gasteiger partial charge in [-0.25, -0.2) is 20.0 Å². The van der Waals surface area contributed by atoms with Gasteiger partial charge in [0.1, 0.15) is 0 Å². The van der Waals surface area contributed by atoms with Crippen LogP contribution in [0.5, 0.6) is 0 Å². The molecule has 0 radical (unpaired) electrons. The maximum absolute atomic E-state index is 5.74. The van der Waals surface area contributed by atoms with Crippen molar-refractivity contribution in [1.82, 2.24) is 0 Å². The molecule has 0 aromatic heterocycles. The normalized spacial score (nSPS) is 17.5. The number of fused-ring (bicyclic) bond motifs is 4. The van der Waals surface area contributed by atoms with Gasteiger partial charge in [0.15, 0.2) is 0 Å². The van der Waals surface area contributed by atoms with Gasteiger partial charge in [-0.3, -0.25) is 0 Å². The number of hydrogen-bond acceptors (Lipinski definition) is 4. The Balaban J connectivity index is 1.59. The second-order valence-electron chi connectivity index (χ2n) is 14.6. The fourth-order valence-electron chi connectivity index (χ4n) is 8.50. The molecule has 0 unspecified atom stereocenters. The standard InChI is InChI=1S/C47H42N4/c1-25-16-28(4)41(29(5)17-25)44-40-24-38-13-12-35(49-38)22-34-10-11-36(48-34)23-37-14-15-39(50-37)45(42-30(6)18-26(2)19-31(42)7)47(51-40)46(44)43-32(8)20-27(3)21-33(43)9/h10-24H,1-9H3. The highest BCUT2D eigenvalue weighted by atomic mass is 14.9. The first kappa shape index (κ1) is 32.5. The molecule has 0 saturated carbocycles. The van der Waals surface area contributed by atoms with Crippen molar-refractivity contribution in [3.63, 3.8) is 0 Å². The van der Waals surface area contributed by atoms with E-state index in [1.807, 2.05) is 18.2 Å². The van der Waals surface area contributed by atoms with Crippen LogP contribution in [0.15, 0.2) is 134 Å². The highest BCUT2D eigenvalue weighted by Gasteiger charge is 2.34. The average molecular weight is 663 g/mol. The predicted octanol–water partition coefficient (Wildman–Crippen LogP) is 10.9. The molecule has 4 nitrogen and oxygen atoms in total. The Morgan fingerprint density at radius 3 is 1.22 bits per heavy atom. The molecule has 0 saturated heterocycles. The van der Waals surface area contributed by atoms with E-state index in [1.54, 1.807) is 0 Å². The van der Waals surface area contributed by atoms with Gasteiger partial charge in [-0.15, -0.1) is 0 Å². The summed E-state index contributed by atoms with van der Waals surface area (Å²) < 4.78 is 0. The lowest BCUT2D eigenvalue weighted by Gasteiger charge is -2.22. The summed E-state index contributed by atoms with van der Waals surface area (Å²) in [5.41, 5.74) is 25.0. The van der Waals surface area contributed by atoms with Gasteiger partial charge in [-0.05, 0) is 167 Å². The lowest BCUT2D eigenvalue weighted by atomic mass is 9.81. The van der Waals surface area contributed by atoms with Gasteiger partial charge in [-0.1, -0.05) is 53.1 Å². The first-order valence-electron chi connectivity index (χ1n) is 17.7. The average Bonchev–Trinajstić information content (AvgIpc) is 3.84. The molecular weight excluding hydrogens is 621 g/mol. The molecule has 0 amide bonds. The summed E-state index contributed by atoms with van der Waals surface area (Å²) in [7, 11) is 0. The molecule has 0 N–H and O–H groups in total. The second kappa shape index (κ2) is 12.2. The SMILES string of the molecule is Cc1cc(C)c(C2=C3N=C(C=C4C=CC(=N4)C=C4C=CC(=N4)C=C4C=CC2=N4)C(c2c(C)cc(C)cc2C)=C3c2c(C)cc(C)cc2C)c(C)c1. The Kier molecular flexibility index (Phi) is 7.79. The van der Waals surface area contributed by atoms with E-state index in [0.717, 1.165) is 62.4 Å². The van der Waals surface area contributed by atoms with E-state index in [-0.39, 0.29) is 0 Å². The minimum Gasteiger partial charge on any atom is -0.249 e. The Labute approximate surface area is 301 Å². The molecule has 3 aromatic carbocycles. The van der Waals surface area contributed by atoms with Crippen LogP contribution >= 0.6 is 0 Å². The summed E-state index contributed by atoms with van der Waals surface area (Å²) in [5.74, 6) is 0. The van der Waals surface area contributed by atoms with Crippen LogP contribution in [-0.2, 0) is 0 Å². The maximum atomic E-state index is 5.74. The quantitative estimate of drug-likeness (QED) is 0.268. The lowest BCUT2D eigenvalue weighted by Crippen LogP contribution is -2.08. The van der Waals surface area contributed by atoms with E-state index >= 15 is 0 Å². The van der Waals surface area contributed by atoms with Crippen molar-refractivity contribution in [3.8, 4) is 0 Å². The molecular formula is C47H42N4. The fourth-order valence-corrected chi connectivity index (χ4v) is 8.50. The van der Waals surface area contributed by atoms with Crippen LogP contribution in [0.1, 0.15) is 66.8 Å². The largest absolute Gasteiger partial charge is 0.249 e. The number of aryl methyl sites for hydroxylation is 9. The molecule has 5 heterocycles. The predicted molar refractivity (Wildman–Crippen MR) is 217 cm³/mol. The molecule has 5 aliphatic rings. The first-order chi connectivity index (χ1) is 24.4. The third kappa shape index (κ3) is 5.75. The van der Waals surface area contributed by atoms with Crippen molar-refractivity contribution in [1.29, 1.82) is 0 Å². The van der Waals surface area contributed by atoms with Gasteiger partial charge in [0, 0.05) is 16.7 Å². The van der Waals surface area contributed by atoms with Crippen molar-refractivity contribution in [2.45, 2.75) is 62.3 Å². The first-order valence-corrected chi connectivity index (χ1v) is 17.7. The summed E-state index contributed by atoms with van der Waals surface area (Å²) in [6, 6.07) is 13.7.